The first kappa shape index (κ1) is 20.7. The Balaban J connectivity index is 1.26. The van der Waals surface area contributed by atoms with Gasteiger partial charge in [0.05, 0.1) is 30.3 Å². The summed E-state index contributed by atoms with van der Waals surface area (Å²) in [7, 11) is 0. The van der Waals surface area contributed by atoms with Crippen LogP contribution in [0.15, 0.2) is 89.9 Å². The van der Waals surface area contributed by atoms with E-state index in [1.54, 1.807) is 22.7 Å². The topological polar surface area (TPSA) is 88.5 Å². The van der Waals surface area contributed by atoms with Crippen molar-refractivity contribution in [1.29, 1.82) is 0 Å². The fraction of sp³-hybridized carbons (Fsp3) is 0.115. The number of benzene rings is 3. The Kier molecular flexibility index (Phi) is 5.70. The van der Waals surface area contributed by atoms with Gasteiger partial charge in [-0.15, -0.1) is 0 Å². The summed E-state index contributed by atoms with van der Waals surface area (Å²) >= 11 is 0. The van der Waals surface area contributed by atoms with Gasteiger partial charge in [-0.05, 0) is 28.8 Å². The molecule has 5 aromatic rings. The van der Waals surface area contributed by atoms with Crippen LogP contribution in [0.25, 0.3) is 16.6 Å². The van der Waals surface area contributed by atoms with Crippen molar-refractivity contribution in [1.82, 2.24) is 19.9 Å². The summed E-state index contributed by atoms with van der Waals surface area (Å²) in [5.41, 5.74) is 4.21. The first-order chi connectivity index (χ1) is 16.2. The van der Waals surface area contributed by atoms with E-state index in [4.69, 9.17) is 4.74 Å². The number of carbonyl (C=O) groups is 1. The Morgan fingerprint density at radius 2 is 1.64 bits per heavy atom. The molecule has 7 heteroatoms. The van der Waals surface area contributed by atoms with Crippen molar-refractivity contribution >= 4 is 22.5 Å². The number of aromatic amines is 1. The second kappa shape index (κ2) is 9.10. The molecule has 0 radical (unpaired) electrons. The zero-order chi connectivity index (χ0) is 22.6. The fourth-order valence-electron chi connectivity index (χ4n) is 3.81. The van der Waals surface area contributed by atoms with Gasteiger partial charge >= 0.3 is 0 Å². The number of carbonyl (C=O) groups excluding carboxylic acids is 1. The largest absolute Gasteiger partial charge is 0.372 e. The fourth-order valence-corrected chi connectivity index (χ4v) is 3.81. The van der Waals surface area contributed by atoms with Gasteiger partial charge in [0, 0.05) is 6.54 Å². The molecule has 1 amide bonds. The maximum absolute atomic E-state index is 12.8. The molecular weight excluding hydrogens is 416 g/mol. The summed E-state index contributed by atoms with van der Waals surface area (Å²) in [6.45, 7) is 1.38. The van der Waals surface area contributed by atoms with E-state index in [-0.39, 0.29) is 11.5 Å². The molecule has 5 rings (SSSR count). The van der Waals surface area contributed by atoms with Crippen LogP contribution in [0.2, 0.25) is 0 Å². The van der Waals surface area contributed by atoms with Crippen LogP contribution in [-0.2, 0) is 24.5 Å². The van der Waals surface area contributed by atoms with Crippen molar-refractivity contribution in [2.45, 2.75) is 19.8 Å². The van der Waals surface area contributed by atoms with Crippen molar-refractivity contribution in [3.05, 3.63) is 118 Å². The molecule has 0 saturated heterocycles. The Morgan fingerprint density at radius 1 is 0.909 bits per heavy atom. The van der Waals surface area contributed by atoms with Gasteiger partial charge in [-0.3, -0.25) is 9.59 Å². The summed E-state index contributed by atoms with van der Waals surface area (Å²) in [6.07, 6.45) is 1.47. The predicted octanol–water partition coefficient (Wildman–Crippen LogP) is 3.82. The van der Waals surface area contributed by atoms with Gasteiger partial charge < -0.3 is 15.0 Å². The maximum atomic E-state index is 12.8. The lowest BCUT2D eigenvalue weighted by atomic mass is 10.1. The predicted molar refractivity (Wildman–Crippen MR) is 126 cm³/mol. The molecular formula is C26H22N4O3. The zero-order valence-electron chi connectivity index (χ0n) is 17.8. The van der Waals surface area contributed by atoms with Crippen LogP contribution < -0.4 is 10.9 Å². The third kappa shape index (κ3) is 4.40. The molecule has 7 nitrogen and oxygen atoms in total. The van der Waals surface area contributed by atoms with Gasteiger partial charge in [0.15, 0.2) is 0 Å². The molecule has 164 valence electrons. The lowest BCUT2D eigenvalue weighted by Crippen LogP contribution is -2.23. The van der Waals surface area contributed by atoms with Gasteiger partial charge in [0.1, 0.15) is 11.2 Å². The second-order valence-corrected chi connectivity index (χ2v) is 7.77. The highest BCUT2D eigenvalue weighted by atomic mass is 16.5. The maximum Gasteiger partial charge on any atom is 0.259 e. The quantitative estimate of drug-likeness (QED) is 0.404. The minimum Gasteiger partial charge on any atom is -0.372 e. The van der Waals surface area contributed by atoms with Crippen LogP contribution >= 0.6 is 0 Å². The number of H-pyrrole nitrogens is 1. The van der Waals surface area contributed by atoms with Crippen molar-refractivity contribution in [2.75, 3.05) is 0 Å². The number of hydrogen-bond acceptors (Lipinski definition) is 4. The smallest absolute Gasteiger partial charge is 0.259 e. The number of ether oxygens (including phenoxy) is 1. The molecule has 0 fully saturated rings. The Bertz CT molecular complexity index is 1490. The first-order valence-corrected chi connectivity index (χ1v) is 10.7. The van der Waals surface area contributed by atoms with E-state index in [1.807, 2.05) is 60.7 Å². The number of fused-ring (bicyclic) bond motifs is 3. The van der Waals surface area contributed by atoms with E-state index in [0.717, 1.165) is 16.7 Å². The summed E-state index contributed by atoms with van der Waals surface area (Å²) in [6, 6.07) is 25.1. The van der Waals surface area contributed by atoms with E-state index < -0.39 is 0 Å². The lowest BCUT2D eigenvalue weighted by Gasteiger charge is -2.08. The van der Waals surface area contributed by atoms with E-state index in [1.165, 1.54) is 6.20 Å². The van der Waals surface area contributed by atoms with Crippen LogP contribution in [0, 0.1) is 0 Å². The Morgan fingerprint density at radius 3 is 2.52 bits per heavy atom. The average Bonchev–Trinajstić information content (AvgIpc) is 3.28. The number of nitrogens with zero attached hydrogens (tertiary/aromatic N) is 2. The summed E-state index contributed by atoms with van der Waals surface area (Å²) in [5.74, 6) is -0.304. The number of amides is 1. The third-order valence-electron chi connectivity index (χ3n) is 5.45. The normalized spacial score (nSPS) is 11.2. The van der Waals surface area contributed by atoms with E-state index >= 15 is 0 Å². The number of hydrogen-bond donors (Lipinski definition) is 2. The molecule has 0 aliphatic carbocycles. The minimum absolute atomic E-state index is 0.254. The van der Waals surface area contributed by atoms with Gasteiger partial charge in [0.2, 0.25) is 0 Å². The lowest BCUT2D eigenvalue weighted by molar-refractivity contribution is 0.0952. The van der Waals surface area contributed by atoms with Crippen molar-refractivity contribution in [2.24, 2.45) is 0 Å². The third-order valence-corrected chi connectivity index (χ3v) is 5.45. The minimum atomic E-state index is -0.304. The van der Waals surface area contributed by atoms with Gasteiger partial charge in [-0.2, -0.15) is 5.10 Å². The molecule has 0 atom stereocenters. The molecule has 0 spiro atoms. The van der Waals surface area contributed by atoms with Crippen molar-refractivity contribution in [3.8, 4) is 0 Å². The summed E-state index contributed by atoms with van der Waals surface area (Å²) in [4.78, 5) is 28.0. The molecule has 2 aromatic heterocycles. The summed E-state index contributed by atoms with van der Waals surface area (Å²) < 4.78 is 7.39. The van der Waals surface area contributed by atoms with Crippen LogP contribution in [0.1, 0.15) is 27.0 Å². The van der Waals surface area contributed by atoms with Crippen LogP contribution in [0.3, 0.4) is 0 Å². The number of para-hydroxylation sites is 1. The second-order valence-electron chi connectivity index (χ2n) is 7.77. The van der Waals surface area contributed by atoms with E-state index in [0.29, 0.717) is 41.9 Å². The highest BCUT2D eigenvalue weighted by Crippen LogP contribution is 2.15. The van der Waals surface area contributed by atoms with Gasteiger partial charge in [-0.25, -0.2) is 4.52 Å². The zero-order valence-corrected chi connectivity index (χ0v) is 17.8. The van der Waals surface area contributed by atoms with Crippen LogP contribution in [0.5, 0.6) is 0 Å². The van der Waals surface area contributed by atoms with E-state index in [2.05, 4.69) is 15.4 Å². The highest BCUT2D eigenvalue weighted by molar-refractivity contribution is 6.00. The average molecular weight is 438 g/mol. The molecule has 0 aliphatic heterocycles. The van der Waals surface area contributed by atoms with Crippen molar-refractivity contribution in [3.63, 3.8) is 0 Å². The van der Waals surface area contributed by atoms with Crippen molar-refractivity contribution < 1.29 is 9.53 Å². The number of nitrogens with one attached hydrogen (secondary N) is 2. The molecule has 2 heterocycles. The Hall–Kier alpha value is -4.23. The molecule has 0 bridgehead atoms. The molecule has 33 heavy (non-hydrogen) atoms. The number of rotatable bonds is 7. The molecule has 0 aliphatic rings. The van der Waals surface area contributed by atoms with E-state index in [9.17, 15) is 9.59 Å². The van der Waals surface area contributed by atoms with Gasteiger partial charge in [-0.1, -0.05) is 66.7 Å². The first-order valence-electron chi connectivity index (χ1n) is 10.7. The summed E-state index contributed by atoms with van der Waals surface area (Å²) in [5, 5.41) is 7.74. The van der Waals surface area contributed by atoms with Crippen LogP contribution in [0.4, 0.5) is 0 Å². The van der Waals surface area contributed by atoms with Gasteiger partial charge in [0.25, 0.3) is 11.5 Å². The molecule has 0 unspecified atom stereocenters. The molecule has 0 saturated carbocycles. The monoisotopic (exact) mass is 438 g/mol. The molecule has 2 N–H and O–H groups in total. The number of aromatic nitrogens is 3. The highest BCUT2D eigenvalue weighted by Gasteiger charge is 2.16. The standard InChI is InChI=1S/C26H22N4O3/c31-25(22-15-28-30-23-12-5-4-11-21(23)26(32)29-24(22)30)27-14-19-9-6-10-20(13-19)17-33-16-18-7-2-1-3-8-18/h1-13,15H,14,16-17H2,(H,27,31)(H,29,32). The molecule has 3 aromatic carbocycles. The SMILES string of the molecule is O=C(NCc1cccc(COCc2ccccc2)c1)c1cnn2c1[nH]c(=O)c1ccccc12. The van der Waals surface area contributed by atoms with Crippen LogP contribution in [-0.4, -0.2) is 20.5 Å². The Labute approximate surface area is 189 Å².